The predicted octanol–water partition coefficient (Wildman–Crippen LogP) is 2.72. The topological polar surface area (TPSA) is 39.2 Å². The molecule has 1 saturated carbocycles. The molecule has 0 N–H and O–H groups in total. The number of halogens is 1. The zero-order valence-electron chi connectivity index (χ0n) is 9.20. The van der Waals surface area contributed by atoms with Crippen LogP contribution in [0.15, 0.2) is 18.3 Å². The van der Waals surface area contributed by atoms with Gasteiger partial charge < -0.3 is 4.74 Å². The maximum Gasteiger partial charge on any atom is 0.316 e. The lowest BCUT2D eigenvalue weighted by Crippen LogP contribution is -2.43. The number of nitrogens with zero attached hydrogens (tertiary/aromatic N) is 1. The van der Waals surface area contributed by atoms with Crippen molar-refractivity contribution >= 4 is 17.6 Å². The molecule has 1 aliphatic rings. The summed E-state index contributed by atoms with van der Waals surface area (Å²) in [5.41, 5.74) is 0.453. The fourth-order valence-electron chi connectivity index (χ4n) is 2.07. The van der Waals surface area contributed by atoms with E-state index in [1.165, 1.54) is 0 Å². The normalized spacial score (nSPS) is 17.6. The van der Waals surface area contributed by atoms with Crippen LogP contribution in [-0.4, -0.2) is 17.6 Å². The number of hydrogen-bond donors (Lipinski definition) is 0. The third kappa shape index (κ3) is 1.80. The van der Waals surface area contributed by atoms with Gasteiger partial charge in [-0.15, -0.1) is 0 Å². The fourth-order valence-corrected chi connectivity index (χ4v) is 2.18. The van der Waals surface area contributed by atoms with Crippen molar-refractivity contribution in [3.63, 3.8) is 0 Å². The van der Waals surface area contributed by atoms with Crippen LogP contribution in [0.5, 0.6) is 0 Å². The first-order valence-corrected chi connectivity index (χ1v) is 5.86. The van der Waals surface area contributed by atoms with Crippen LogP contribution in [0.25, 0.3) is 0 Å². The fraction of sp³-hybridized carbons (Fsp3) is 0.500. The van der Waals surface area contributed by atoms with Gasteiger partial charge in [-0.1, -0.05) is 24.1 Å². The van der Waals surface area contributed by atoms with Gasteiger partial charge in [0.05, 0.1) is 12.0 Å². The van der Waals surface area contributed by atoms with E-state index in [-0.39, 0.29) is 5.97 Å². The number of carbonyl (C=O) groups excluding carboxylic acids is 1. The van der Waals surface area contributed by atoms with Crippen molar-refractivity contribution in [1.29, 1.82) is 0 Å². The van der Waals surface area contributed by atoms with E-state index in [1.54, 1.807) is 12.3 Å². The first-order valence-electron chi connectivity index (χ1n) is 5.48. The third-order valence-electron chi connectivity index (χ3n) is 3.15. The van der Waals surface area contributed by atoms with Crippen molar-refractivity contribution in [1.82, 2.24) is 4.98 Å². The molecule has 0 bridgehead atoms. The Morgan fingerprint density at radius 2 is 2.31 bits per heavy atom. The summed E-state index contributed by atoms with van der Waals surface area (Å²) >= 11 is 5.74. The molecule has 3 nitrogen and oxygen atoms in total. The van der Waals surface area contributed by atoms with E-state index in [4.69, 9.17) is 16.3 Å². The van der Waals surface area contributed by atoms with Crippen molar-refractivity contribution in [2.45, 2.75) is 31.6 Å². The van der Waals surface area contributed by atoms with E-state index in [0.717, 1.165) is 24.8 Å². The van der Waals surface area contributed by atoms with Gasteiger partial charge in [0.15, 0.2) is 0 Å². The highest BCUT2D eigenvalue weighted by atomic mass is 35.5. The summed E-state index contributed by atoms with van der Waals surface area (Å²) in [7, 11) is 0. The lowest BCUT2D eigenvalue weighted by atomic mass is 9.65. The molecule has 16 heavy (non-hydrogen) atoms. The molecule has 1 fully saturated rings. The van der Waals surface area contributed by atoms with E-state index >= 15 is 0 Å². The lowest BCUT2D eigenvalue weighted by molar-refractivity contribution is -0.153. The van der Waals surface area contributed by atoms with Crippen LogP contribution < -0.4 is 0 Å². The summed E-state index contributed by atoms with van der Waals surface area (Å²) in [5.74, 6) is -0.134. The SMILES string of the molecule is CCOC(=O)C1(c2ccc(Cl)nc2)CCC1. The van der Waals surface area contributed by atoms with Gasteiger partial charge in [0.1, 0.15) is 5.15 Å². The van der Waals surface area contributed by atoms with Crippen molar-refractivity contribution in [2.24, 2.45) is 0 Å². The summed E-state index contributed by atoms with van der Waals surface area (Å²) in [6.07, 6.45) is 4.42. The molecule has 1 heterocycles. The molecular formula is C12H14ClNO2. The standard InChI is InChI=1S/C12H14ClNO2/c1-2-16-11(15)12(6-3-7-12)9-4-5-10(13)14-8-9/h4-5,8H,2-3,6-7H2,1H3. The monoisotopic (exact) mass is 239 g/mol. The summed E-state index contributed by atoms with van der Waals surface area (Å²) in [6.45, 7) is 2.24. The second kappa shape index (κ2) is 4.42. The average Bonchev–Trinajstić information content (AvgIpc) is 2.19. The Kier molecular flexibility index (Phi) is 3.15. The number of rotatable bonds is 3. The van der Waals surface area contributed by atoms with Crippen LogP contribution in [0.2, 0.25) is 5.15 Å². The van der Waals surface area contributed by atoms with Crippen molar-refractivity contribution in [3.05, 3.63) is 29.0 Å². The summed E-state index contributed by atoms with van der Waals surface area (Å²) in [5, 5.41) is 0.446. The quantitative estimate of drug-likeness (QED) is 0.601. The van der Waals surface area contributed by atoms with E-state index < -0.39 is 5.41 Å². The predicted molar refractivity (Wildman–Crippen MR) is 61.4 cm³/mol. The minimum Gasteiger partial charge on any atom is -0.465 e. The Balaban J connectivity index is 2.27. The Bertz CT molecular complexity index is 385. The Morgan fingerprint density at radius 3 is 2.75 bits per heavy atom. The van der Waals surface area contributed by atoms with Crippen molar-refractivity contribution in [2.75, 3.05) is 6.61 Å². The van der Waals surface area contributed by atoms with Crippen LogP contribution in [0.4, 0.5) is 0 Å². The van der Waals surface area contributed by atoms with E-state index in [9.17, 15) is 4.79 Å². The van der Waals surface area contributed by atoms with Crippen LogP contribution in [0, 0.1) is 0 Å². The molecule has 4 heteroatoms. The highest BCUT2D eigenvalue weighted by molar-refractivity contribution is 6.29. The molecule has 1 aliphatic carbocycles. The maximum atomic E-state index is 11.9. The van der Waals surface area contributed by atoms with Crippen LogP contribution in [-0.2, 0) is 14.9 Å². The zero-order chi connectivity index (χ0) is 11.6. The highest BCUT2D eigenvalue weighted by Crippen LogP contribution is 2.44. The van der Waals surface area contributed by atoms with Gasteiger partial charge in [0, 0.05) is 6.20 Å². The molecule has 0 amide bonds. The van der Waals surface area contributed by atoms with Crippen LogP contribution in [0.3, 0.4) is 0 Å². The molecular weight excluding hydrogens is 226 g/mol. The minimum atomic E-state index is -0.465. The second-order valence-electron chi connectivity index (χ2n) is 4.03. The molecule has 0 unspecified atom stereocenters. The highest BCUT2D eigenvalue weighted by Gasteiger charge is 2.47. The zero-order valence-corrected chi connectivity index (χ0v) is 9.96. The number of aromatic nitrogens is 1. The molecule has 86 valence electrons. The smallest absolute Gasteiger partial charge is 0.316 e. The van der Waals surface area contributed by atoms with Crippen LogP contribution in [0.1, 0.15) is 31.7 Å². The molecule has 0 radical (unpaired) electrons. The largest absolute Gasteiger partial charge is 0.465 e. The molecule has 1 aromatic heterocycles. The molecule has 1 aromatic rings. The number of esters is 1. The average molecular weight is 240 g/mol. The summed E-state index contributed by atoms with van der Waals surface area (Å²) in [4.78, 5) is 16.0. The van der Waals surface area contributed by atoms with Gasteiger partial charge in [-0.2, -0.15) is 0 Å². The first kappa shape index (κ1) is 11.4. The summed E-state index contributed by atoms with van der Waals surface area (Å²) < 4.78 is 5.13. The molecule has 0 spiro atoms. The van der Waals surface area contributed by atoms with E-state index in [1.807, 2.05) is 13.0 Å². The van der Waals surface area contributed by atoms with Gasteiger partial charge >= 0.3 is 5.97 Å². The Labute approximate surface area is 99.8 Å². The van der Waals surface area contributed by atoms with E-state index in [0.29, 0.717) is 11.8 Å². The molecule has 0 aliphatic heterocycles. The van der Waals surface area contributed by atoms with Gasteiger partial charge in [0.2, 0.25) is 0 Å². The van der Waals surface area contributed by atoms with Crippen LogP contribution >= 0.6 is 11.6 Å². The molecule has 0 saturated heterocycles. The van der Waals surface area contributed by atoms with Gasteiger partial charge in [-0.3, -0.25) is 4.79 Å². The number of pyridine rings is 1. The Hall–Kier alpha value is -1.09. The van der Waals surface area contributed by atoms with Crippen molar-refractivity contribution in [3.8, 4) is 0 Å². The number of ether oxygens (including phenoxy) is 1. The van der Waals surface area contributed by atoms with Gasteiger partial charge in [-0.25, -0.2) is 4.98 Å². The molecule has 2 rings (SSSR count). The third-order valence-corrected chi connectivity index (χ3v) is 3.38. The van der Waals surface area contributed by atoms with Gasteiger partial charge in [0.25, 0.3) is 0 Å². The summed E-state index contributed by atoms with van der Waals surface area (Å²) in [6, 6.07) is 3.58. The first-order chi connectivity index (χ1) is 7.69. The van der Waals surface area contributed by atoms with Gasteiger partial charge in [-0.05, 0) is 31.4 Å². The molecule has 0 atom stereocenters. The van der Waals surface area contributed by atoms with E-state index in [2.05, 4.69) is 4.98 Å². The van der Waals surface area contributed by atoms with Crippen molar-refractivity contribution < 1.29 is 9.53 Å². The second-order valence-corrected chi connectivity index (χ2v) is 4.41. The lowest BCUT2D eigenvalue weighted by Gasteiger charge is -2.39. The Morgan fingerprint density at radius 1 is 1.56 bits per heavy atom. The maximum absolute atomic E-state index is 11.9. The molecule has 0 aromatic carbocycles. The minimum absolute atomic E-state index is 0.134. The number of carbonyl (C=O) groups is 1. The number of hydrogen-bond acceptors (Lipinski definition) is 3.